The zero-order valence-electron chi connectivity index (χ0n) is 22.0. The molecule has 2 aromatic heterocycles. The maximum Gasteiger partial charge on any atom is 0.174 e. The second-order valence-corrected chi connectivity index (χ2v) is 11.6. The van der Waals surface area contributed by atoms with Crippen LogP contribution in [-0.2, 0) is 0 Å². The fraction of sp³-hybridized carbons (Fsp3) is 0.419. The highest BCUT2D eigenvalue weighted by molar-refractivity contribution is 7.94. The van der Waals surface area contributed by atoms with E-state index in [1.54, 1.807) is 10.7 Å². The second-order valence-electron chi connectivity index (χ2n) is 11.0. The number of hydrogen-bond donors (Lipinski definition) is 1. The van der Waals surface area contributed by atoms with Gasteiger partial charge in [-0.25, -0.2) is 4.98 Å². The van der Waals surface area contributed by atoms with E-state index in [1.807, 2.05) is 12.1 Å². The van der Waals surface area contributed by atoms with E-state index in [9.17, 15) is 3.89 Å². The Labute approximate surface area is 229 Å². The molecule has 0 radical (unpaired) electrons. The van der Waals surface area contributed by atoms with E-state index in [-0.39, 0.29) is 12.1 Å². The van der Waals surface area contributed by atoms with Crippen molar-refractivity contribution in [2.45, 2.75) is 62.3 Å². The van der Waals surface area contributed by atoms with E-state index >= 15 is 0 Å². The molecule has 0 amide bonds. The molecule has 6 rings (SSSR count). The first-order chi connectivity index (χ1) is 18.7. The van der Waals surface area contributed by atoms with Gasteiger partial charge in [0.2, 0.25) is 0 Å². The summed E-state index contributed by atoms with van der Waals surface area (Å²) in [4.78, 5) is 7.98. The Hall–Kier alpha value is -2.90. The Kier molecular flexibility index (Phi) is 7.65. The normalized spacial score (nSPS) is 22.5. The summed E-state index contributed by atoms with van der Waals surface area (Å²) in [6.07, 6.45) is 9.21. The number of nitrogens with zero attached hydrogens (tertiary/aromatic N) is 4. The molecule has 4 aromatic rings. The molecule has 0 spiro atoms. The lowest BCUT2D eigenvalue weighted by atomic mass is 9.80. The average molecular weight is 530 g/mol. The highest BCUT2D eigenvalue weighted by Crippen LogP contribution is 2.36. The van der Waals surface area contributed by atoms with Gasteiger partial charge in [-0.1, -0.05) is 54.6 Å². The number of aromatic nitrogens is 3. The topological polar surface area (TPSA) is 45.5 Å². The van der Waals surface area contributed by atoms with Gasteiger partial charge in [0.25, 0.3) is 0 Å². The van der Waals surface area contributed by atoms with Crippen molar-refractivity contribution in [1.82, 2.24) is 19.5 Å². The van der Waals surface area contributed by atoms with Crippen molar-refractivity contribution in [2.75, 3.05) is 25.0 Å². The third-order valence-electron chi connectivity index (χ3n) is 8.55. The molecule has 1 saturated carbocycles. The van der Waals surface area contributed by atoms with Gasteiger partial charge in [-0.15, -0.1) is 0 Å². The Morgan fingerprint density at radius 2 is 1.79 bits per heavy atom. The van der Waals surface area contributed by atoms with E-state index in [0.717, 1.165) is 35.7 Å². The predicted octanol–water partition coefficient (Wildman–Crippen LogP) is 7.53. The van der Waals surface area contributed by atoms with Crippen LogP contribution in [0.1, 0.15) is 55.6 Å². The first-order valence-corrected chi connectivity index (χ1v) is 14.7. The minimum absolute atomic E-state index is 0.202. The average Bonchev–Trinajstić information content (AvgIpc) is 3.40. The molecule has 5 nitrogen and oxygen atoms in total. The molecular formula is C31H36FN5S. The lowest BCUT2D eigenvalue weighted by molar-refractivity contribution is 0.0979. The van der Waals surface area contributed by atoms with Gasteiger partial charge in [-0.2, -0.15) is 13.5 Å². The van der Waals surface area contributed by atoms with Gasteiger partial charge in [0.15, 0.2) is 5.65 Å². The minimum atomic E-state index is 0.202. The first kappa shape index (κ1) is 25.4. The smallest absolute Gasteiger partial charge is 0.174 e. The van der Waals surface area contributed by atoms with Gasteiger partial charge in [-0.3, -0.25) is 0 Å². The number of likely N-dealkylation sites (tertiary alicyclic amines) is 1. The highest BCUT2D eigenvalue weighted by Gasteiger charge is 2.30. The fourth-order valence-corrected chi connectivity index (χ4v) is 6.75. The molecule has 1 unspecified atom stereocenters. The van der Waals surface area contributed by atoms with Gasteiger partial charge >= 0.3 is 0 Å². The minimum Gasteiger partial charge on any atom is -0.370 e. The van der Waals surface area contributed by atoms with Crippen molar-refractivity contribution in [2.24, 2.45) is 5.92 Å². The molecule has 38 heavy (non-hydrogen) atoms. The molecule has 2 fully saturated rings. The van der Waals surface area contributed by atoms with Crippen LogP contribution in [0.15, 0.2) is 71.8 Å². The van der Waals surface area contributed by atoms with Crippen LogP contribution in [0.5, 0.6) is 0 Å². The zero-order chi connectivity index (χ0) is 25.9. The highest BCUT2D eigenvalue weighted by atomic mass is 32.2. The van der Waals surface area contributed by atoms with E-state index in [2.05, 4.69) is 70.8 Å². The molecule has 0 bridgehead atoms. The van der Waals surface area contributed by atoms with Crippen LogP contribution in [0.2, 0.25) is 0 Å². The van der Waals surface area contributed by atoms with Crippen molar-refractivity contribution in [3.8, 4) is 11.3 Å². The van der Waals surface area contributed by atoms with Gasteiger partial charge in [-0.05, 0) is 75.0 Å². The molecule has 1 aliphatic carbocycles. The Morgan fingerprint density at radius 3 is 2.58 bits per heavy atom. The lowest BCUT2D eigenvalue weighted by Gasteiger charge is -2.41. The molecule has 2 aromatic carbocycles. The number of anilines is 1. The van der Waals surface area contributed by atoms with Gasteiger partial charge in [0.1, 0.15) is 10.7 Å². The van der Waals surface area contributed by atoms with Crippen molar-refractivity contribution >= 4 is 23.6 Å². The van der Waals surface area contributed by atoms with E-state index in [4.69, 9.17) is 4.98 Å². The lowest BCUT2D eigenvalue weighted by Crippen LogP contribution is -2.45. The van der Waals surface area contributed by atoms with Crippen LogP contribution < -0.4 is 5.32 Å². The molecule has 1 atom stereocenters. The number of benzene rings is 2. The predicted molar refractivity (Wildman–Crippen MR) is 154 cm³/mol. The van der Waals surface area contributed by atoms with Gasteiger partial charge in [0, 0.05) is 30.8 Å². The number of piperidine rings is 1. The third kappa shape index (κ3) is 5.32. The van der Waals surface area contributed by atoms with Crippen LogP contribution in [0.4, 0.5) is 9.70 Å². The van der Waals surface area contributed by atoms with Crippen molar-refractivity contribution in [3.05, 3.63) is 78.0 Å². The molecule has 1 N–H and O–H groups in total. The quantitative estimate of drug-likeness (QED) is 0.268. The van der Waals surface area contributed by atoms with Crippen LogP contribution in [0, 0.1) is 12.8 Å². The van der Waals surface area contributed by atoms with E-state index in [0.29, 0.717) is 28.4 Å². The van der Waals surface area contributed by atoms with Gasteiger partial charge in [0.05, 0.1) is 24.0 Å². The number of rotatable bonds is 7. The zero-order valence-corrected chi connectivity index (χ0v) is 22.8. The Morgan fingerprint density at radius 1 is 1.00 bits per heavy atom. The summed E-state index contributed by atoms with van der Waals surface area (Å²) in [6, 6.07) is 22.0. The molecule has 7 heteroatoms. The summed E-state index contributed by atoms with van der Waals surface area (Å²) < 4.78 is 15.4. The summed E-state index contributed by atoms with van der Waals surface area (Å²) in [5.41, 5.74) is 5.11. The Balaban J connectivity index is 1.14. The number of nitrogens with one attached hydrogen (secondary N) is 1. The van der Waals surface area contributed by atoms with E-state index in [1.165, 1.54) is 50.6 Å². The standard InChI is InChI=1S/C31H36FN5S/c1-22-8-5-6-12-27(22)28-18-30(37-31(35-28)29(38-32)20-34-37)33-19-23-9-7-17-36(21-23)26-15-13-25(14-16-26)24-10-3-2-4-11-24/h2-6,8,10-12,18,20,23,25-26,33H,7,9,13-17,19,21H2,1H3. The molecule has 198 valence electrons. The summed E-state index contributed by atoms with van der Waals surface area (Å²) in [5.74, 6) is 2.16. The van der Waals surface area contributed by atoms with Crippen molar-refractivity contribution in [3.63, 3.8) is 0 Å². The maximum absolute atomic E-state index is 13.6. The first-order valence-electron chi connectivity index (χ1n) is 14.0. The van der Waals surface area contributed by atoms with Crippen LogP contribution in [0.3, 0.4) is 0 Å². The number of hydrogen-bond acceptors (Lipinski definition) is 5. The maximum atomic E-state index is 13.6. The van der Waals surface area contributed by atoms with Gasteiger partial charge < -0.3 is 10.2 Å². The molecule has 1 aliphatic heterocycles. The van der Waals surface area contributed by atoms with E-state index < -0.39 is 0 Å². The summed E-state index contributed by atoms with van der Waals surface area (Å²) in [5, 5.41) is 8.13. The number of halogens is 1. The van der Waals surface area contributed by atoms with Crippen LogP contribution >= 0.6 is 12.1 Å². The van der Waals surface area contributed by atoms with Crippen molar-refractivity contribution < 1.29 is 3.89 Å². The number of aryl methyl sites for hydroxylation is 1. The van der Waals surface area contributed by atoms with Crippen LogP contribution in [0.25, 0.3) is 16.9 Å². The SMILES string of the molecule is Cc1ccccc1-c1cc(NCC2CCCN(C3CCC(c4ccccc4)CC3)C2)n2ncc(SF)c2n1. The molecule has 2 aliphatic rings. The summed E-state index contributed by atoms with van der Waals surface area (Å²) in [7, 11) is 0. The second kappa shape index (κ2) is 11.5. The largest absolute Gasteiger partial charge is 0.370 e. The summed E-state index contributed by atoms with van der Waals surface area (Å²) in [6.45, 7) is 5.31. The van der Waals surface area contributed by atoms with Crippen molar-refractivity contribution in [1.29, 1.82) is 0 Å². The fourth-order valence-electron chi connectivity index (χ4n) is 6.47. The molecule has 3 heterocycles. The Bertz CT molecular complexity index is 1370. The monoisotopic (exact) mass is 529 g/mol. The third-order valence-corrected chi connectivity index (χ3v) is 9.00. The molecular weight excluding hydrogens is 493 g/mol. The molecule has 1 saturated heterocycles. The number of fused-ring (bicyclic) bond motifs is 1. The van der Waals surface area contributed by atoms with Crippen LogP contribution in [-0.4, -0.2) is 45.2 Å². The summed E-state index contributed by atoms with van der Waals surface area (Å²) >= 11 is 0.202.